The second kappa shape index (κ2) is 9.75. The Hall–Kier alpha value is -2.84. The van der Waals surface area contributed by atoms with Crippen LogP contribution in [0.15, 0.2) is 48.5 Å². The van der Waals surface area contributed by atoms with Crippen molar-refractivity contribution in [3.63, 3.8) is 0 Å². The van der Waals surface area contributed by atoms with E-state index >= 15 is 0 Å². The Balaban J connectivity index is 1.39. The van der Waals surface area contributed by atoms with Crippen LogP contribution in [0.25, 0.3) is 0 Å². The standard InChI is InChI=1S/C22H25N3O2/c23-14-18-8-10-21(11-9-18)27-17-22(26)24-15-19-4-6-20(7-5-19)16-25-12-2-1-3-13-25/h4-11H,1-3,12-13,15-17H2,(H,24,26). The number of carbonyl (C=O) groups excluding carboxylic acids is 1. The van der Waals surface area contributed by atoms with E-state index in [1.54, 1.807) is 24.3 Å². The predicted octanol–water partition coefficient (Wildman–Crippen LogP) is 3.24. The minimum atomic E-state index is -0.170. The summed E-state index contributed by atoms with van der Waals surface area (Å²) in [5, 5.41) is 11.6. The molecule has 0 spiro atoms. The monoisotopic (exact) mass is 363 g/mol. The molecule has 1 saturated heterocycles. The number of ether oxygens (including phenoxy) is 1. The third-order valence-corrected chi connectivity index (χ3v) is 4.72. The number of nitrogens with zero attached hydrogens (tertiary/aromatic N) is 2. The zero-order valence-corrected chi connectivity index (χ0v) is 15.5. The highest BCUT2D eigenvalue weighted by Gasteiger charge is 2.10. The lowest BCUT2D eigenvalue weighted by Crippen LogP contribution is -2.29. The summed E-state index contributed by atoms with van der Waals surface area (Å²) in [4.78, 5) is 14.4. The van der Waals surface area contributed by atoms with Crippen molar-refractivity contribution in [3.05, 3.63) is 65.2 Å². The largest absolute Gasteiger partial charge is 0.484 e. The van der Waals surface area contributed by atoms with E-state index in [0.717, 1.165) is 12.1 Å². The van der Waals surface area contributed by atoms with Crippen molar-refractivity contribution < 1.29 is 9.53 Å². The van der Waals surface area contributed by atoms with Gasteiger partial charge >= 0.3 is 0 Å². The number of nitriles is 1. The number of carbonyl (C=O) groups is 1. The van der Waals surface area contributed by atoms with Crippen LogP contribution in [0.2, 0.25) is 0 Å². The van der Waals surface area contributed by atoms with Crippen molar-refractivity contribution in [2.24, 2.45) is 0 Å². The van der Waals surface area contributed by atoms with Crippen molar-refractivity contribution in [1.82, 2.24) is 10.2 Å². The summed E-state index contributed by atoms with van der Waals surface area (Å²) >= 11 is 0. The molecular weight excluding hydrogens is 338 g/mol. The Morgan fingerprint density at radius 1 is 1.00 bits per heavy atom. The van der Waals surface area contributed by atoms with Gasteiger partial charge in [0.15, 0.2) is 6.61 Å². The fourth-order valence-electron chi connectivity index (χ4n) is 3.16. The lowest BCUT2D eigenvalue weighted by molar-refractivity contribution is -0.123. The first kappa shape index (κ1) is 18.9. The fraction of sp³-hybridized carbons (Fsp3) is 0.364. The smallest absolute Gasteiger partial charge is 0.258 e. The molecule has 2 aromatic carbocycles. The number of hydrogen-bond donors (Lipinski definition) is 1. The summed E-state index contributed by atoms with van der Waals surface area (Å²) in [6.45, 7) is 3.83. The second-order valence-electron chi connectivity index (χ2n) is 6.85. The topological polar surface area (TPSA) is 65.4 Å². The van der Waals surface area contributed by atoms with Gasteiger partial charge in [-0.05, 0) is 61.3 Å². The first-order valence-corrected chi connectivity index (χ1v) is 9.43. The molecule has 140 valence electrons. The van der Waals surface area contributed by atoms with Crippen LogP contribution in [0, 0.1) is 11.3 Å². The van der Waals surface area contributed by atoms with Crippen LogP contribution >= 0.6 is 0 Å². The van der Waals surface area contributed by atoms with E-state index in [4.69, 9.17) is 10.00 Å². The van der Waals surface area contributed by atoms with E-state index in [-0.39, 0.29) is 12.5 Å². The maximum atomic E-state index is 11.9. The second-order valence-corrected chi connectivity index (χ2v) is 6.85. The van der Waals surface area contributed by atoms with E-state index in [2.05, 4.69) is 34.5 Å². The molecule has 0 aromatic heterocycles. The first-order valence-electron chi connectivity index (χ1n) is 9.43. The Morgan fingerprint density at radius 3 is 2.33 bits per heavy atom. The van der Waals surface area contributed by atoms with Crippen LogP contribution in [-0.4, -0.2) is 30.5 Å². The minimum Gasteiger partial charge on any atom is -0.484 e. The van der Waals surface area contributed by atoms with Crippen LogP contribution in [-0.2, 0) is 17.9 Å². The van der Waals surface area contributed by atoms with Gasteiger partial charge in [-0.3, -0.25) is 9.69 Å². The molecule has 1 aliphatic rings. The van der Waals surface area contributed by atoms with Crippen molar-refractivity contribution >= 4 is 5.91 Å². The van der Waals surface area contributed by atoms with Gasteiger partial charge in [-0.1, -0.05) is 30.7 Å². The molecule has 1 heterocycles. The third kappa shape index (κ3) is 6.12. The molecule has 3 rings (SSSR count). The number of benzene rings is 2. The van der Waals surface area contributed by atoms with E-state index in [1.807, 2.05) is 6.07 Å². The maximum Gasteiger partial charge on any atom is 0.258 e. The Morgan fingerprint density at radius 2 is 1.67 bits per heavy atom. The van der Waals surface area contributed by atoms with Gasteiger partial charge in [0.05, 0.1) is 11.6 Å². The van der Waals surface area contributed by atoms with Crippen LogP contribution in [0.3, 0.4) is 0 Å². The SMILES string of the molecule is N#Cc1ccc(OCC(=O)NCc2ccc(CN3CCCCC3)cc2)cc1. The van der Waals surface area contributed by atoms with Crippen molar-refractivity contribution in [1.29, 1.82) is 5.26 Å². The zero-order chi connectivity index (χ0) is 18.9. The summed E-state index contributed by atoms with van der Waals surface area (Å²) in [6, 6.07) is 17.2. The zero-order valence-electron chi connectivity index (χ0n) is 15.5. The lowest BCUT2D eigenvalue weighted by Gasteiger charge is -2.26. The minimum absolute atomic E-state index is 0.0427. The fourth-order valence-corrected chi connectivity index (χ4v) is 3.16. The van der Waals surface area contributed by atoms with Gasteiger partial charge in [-0.2, -0.15) is 5.26 Å². The summed E-state index contributed by atoms with van der Waals surface area (Å²) in [6.07, 6.45) is 3.95. The van der Waals surface area contributed by atoms with Gasteiger partial charge in [-0.15, -0.1) is 0 Å². The summed E-state index contributed by atoms with van der Waals surface area (Å²) in [7, 11) is 0. The Kier molecular flexibility index (Phi) is 6.84. The molecule has 0 saturated carbocycles. The molecule has 2 aromatic rings. The van der Waals surface area contributed by atoms with Crippen molar-refractivity contribution in [2.75, 3.05) is 19.7 Å². The highest BCUT2D eigenvalue weighted by Crippen LogP contribution is 2.14. The number of rotatable bonds is 7. The summed E-state index contributed by atoms with van der Waals surface area (Å²) < 4.78 is 5.43. The molecule has 5 heteroatoms. The van der Waals surface area contributed by atoms with Gasteiger partial charge in [0, 0.05) is 13.1 Å². The molecule has 0 unspecified atom stereocenters. The Labute approximate surface area is 160 Å². The number of hydrogen-bond acceptors (Lipinski definition) is 4. The number of nitrogens with one attached hydrogen (secondary N) is 1. The van der Waals surface area contributed by atoms with Crippen LogP contribution in [0.5, 0.6) is 5.75 Å². The van der Waals surface area contributed by atoms with Gasteiger partial charge in [0.1, 0.15) is 5.75 Å². The molecule has 1 N–H and O–H groups in total. The maximum absolute atomic E-state index is 11.9. The van der Waals surface area contributed by atoms with Gasteiger partial charge in [0.25, 0.3) is 5.91 Å². The van der Waals surface area contributed by atoms with E-state index < -0.39 is 0 Å². The average molecular weight is 363 g/mol. The summed E-state index contributed by atoms with van der Waals surface area (Å²) in [5.74, 6) is 0.406. The highest BCUT2D eigenvalue weighted by molar-refractivity contribution is 5.77. The number of likely N-dealkylation sites (tertiary alicyclic amines) is 1. The number of piperidine rings is 1. The van der Waals surface area contributed by atoms with E-state index in [9.17, 15) is 4.79 Å². The third-order valence-electron chi connectivity index (χ3n) is 4.72. The number of amides is 1. The van der Waals surface area contributed by atoms with Crippen molar-refractivity contribution in [2.45, 2.75) is 32.4 Å². The van der Waals surface area contributed by atoms with E-state index in [1.165, 1.54) is 37.9 Å². The van der Waals surface area contributed by atoms with Gasteiger partial charge < -0.3 is 10.1 Å². The van der Waals surface area contributed by atoms with Crippen LogP contribution < -0.4 is 10.1 Å². The molecule has 5 nitrogen and oxygen atoms in total. The van der Waals surface area contributed by atoms with Gasteiger partial charge in [0.2, 0.25) is 0 Å². The average Bonchev–Trinajstić information content (AvgIpc) is 2.73. The predicted molar refractivity (Wildman–Crippen MR) is 104 cm³/mol. The molecule has 0 atom stereocenters. The molecule has 1 fully saturated rings. The molecule has 27 heavy (non-hydrogen) atoms. The summed E-state index contributed by atoms with van der Waals surface area (Å²) in [5.41, 5.74) is 2.95. The molecule has 0 aliphatic carbocycles. The van der Waals surface area contributed by atoms with Crippen LogP contribution in [0.4, 0.5) is 0 Å². The quantitative estimate of drug-likeness (QED) is 0.820. The molecule has 1 amide bonds. The molecule has 0 bridgehead atoms. The van der Waals surface area contributed by atoms with E-state index in [0.29, 0.717) is 17.9 Å². The molecule has 1 aliphatic heterocycles. The molecular formula is C22H25N3O2. The molecule has 0 radical (unpaired) electrons. The Bertz CT molecular complexity index is 773. The first-order chi connectivity index (χ1) is 13.2. The van der Waals surface area contributed by atoms with Gasteiger partial charge in [-0.25, -0.2) is 0 Å². The lowest BCUT2D eigenvalue weighted by atomic mass is 10.1. The normalized spacial score (nSPS) is 14.3. The highest BCUT2D eigenvalue weighted by atomic mass is 16.5. The van der Waals surface area contributed by atoms with Crippen LogP contribution in [0.1, 0.15) is 36.0 Å². The van der Waals surface area contributed by atoms with Crippen molar-refractivity contribution in [3.8, 4) is 11.8 Å².